The number of aromatic nitrogens is 4. The Morgan fingerprint density at radius 3 is 2.89 bits per heavy atom. The van der Waals surface area contributed by atoms with E-state index in [-0.39, 0.29) is 5.69 Å². The monoisotopic (exact) mass is 256 g/mol. The molecule has 0 saturated heterocycles. The van der Waals surface area contributed by atoms with Crippen molar-refractivity contribution in [2.24, 2.45) is 5.92 Å². The third-order valence-corrected chi connectivity index (χ3v) is 2.63. The van der Waals surface area contributed by atoms with Crippen molar-refractivity contribution in [1.82, 2.24) is 19.7 Å². The van der Waals surface area contributed by atoms with Gasteiger partial charge in [0.05, 0.1) is 0 Å². The number of nitrogens with zero attached hydrogens (tertiary/aromatic N) is 5. The molecule has 1 N–H and O–H groups in total. The molecule has 0 aliphatic carbocycles. The molecule has 0 bridgehead atoms. The smallest absolute Gasteiger partial charge is 0.183 e. The lowest BCUT2D eigenvalue weighted by atomic mass is 10.1. The summed E-state index contributed by atoms with van der Waals surface area (Å²) in [4.78, 5) is 8.02. The molecule has 0 unspecified atom stereocenters. The first-order valence-electron chi connectivity index (χ1n) is 6.20. The van der Waals surface area contributed by atoms with E-state index in [4.69, 9.17) is 5.26 Å². The molecular formula is C13H16N6. The van der Waals surface area contributed by atoms with Crippen LogP contribution in [-0.4, -0.2) is 19.7 Å². The second-order valence-corrected chi connectivity index (χ2v) is 4.64. The zero-order chi connectivity index (χ0) is 13.7. The SMILES string of the molecule is CC(C)CCn1ccc(Nc2nccnc2C#N)n1. The molecule has 0 aromatic carbocycles. The molecule has 2 rings (SSSR count). The summed E-state index contributed by atoms with van der Waals surface area (Å²) in [5.41, 5.74) is 0.263. The molecule has 0 spiro atoms. The van der Waals surface area contributed by atoms with Crippen LogP contribution in [0.1, 0.15) is 26.0 Å². The maximum atomic E-state index is 8.93. The molecule has 2 aromatic heterocycles. The molecule has 19 heavy (non-hydrogen) atoms. The first kappa shape index (κ1) is 13.0. The molecule has 0 amide bonds. The van der Waals surface area contributed by atoms with Gasteiger partial charge in [-0.05, 0) is 12.3 Å². The van der Waals surface area contributed by atoms with E-state index in [1.807, 2.05) is 23.0 Å². The summed E-state index contributed by atoms with van der Waals surface area (Å²) < 4.78 is 1.88. The molecule has 0 radical (unpaired) electrons. The van der Waals surface area contributed by atoms with Gasteiger partial charge in [-0.15, -0.1) is 0 Å². The van der Waals surface area contributed by atoms with Crippen LogP contribution in [-0.2, 0) is 6.54 Å². The molecule has 6 nitrogen and oxygen atoms in total. The number of nitrogens with one attached hydrogen (secondary N) is 1. The van der Waals surface area contributed by atoms with E-state index in [9.17, 15) is 0 Å². The van der Waals surface area contributed by atoms with Crippen LogP contribution in [0.25, 0.3) is 0 Å². The number of hydrogen-bond donors (Lipinski definition) is 1. The van der Waals surface area contributed by atoms with Crippen LogP contribution in [0.4, 0.5) is 11.6 Å². The van der Waals surface area contributed by atoms with Crippen molar-refractivity contribution in [3.63, 3.8) is 0 Å². The van der Waals surface area contributed by atoms with E-state index >= 15 is 0 Å². The van der Waals surface area contributed by atoms with E-state index in [2.05, 4.69) is 34.2 Å². The van der Waals surface area contributed by atoms with Crippen molar-refractivity contribution < 1.29 is 0 Å². The van der Waals surface area contributed by atoms with Gasteiger partial charge in [-0.25, -0.2) is 9.97 Å². The minimum absolute atomic E-state index is 0.263. The summed E-state index contributed by atoms with van der Waals surface area (Å²) in [6, 6.07) is 3.85. The minimum atomic E-state index is 0.263. The Morgan fingerprint density at radius 2 is 2.16 bits per heavy atom. The van der Waals surface area contributed by atoms with Crippen LogP contribution >= 0.6 is 0 Å². The number of aryl methyl sites for hydroxylation is 1. The second kappa shape index (κ2) is 5.96. The third kappa shape index (κ3) is 3.52. The van der Waals surface area contributed by atoms with E-state index in [0.717, 1.165) is 13.0 Å². The molecule has 0 atom stereocenters. The van der Waals surface area contributed by atoms with Gasteiger partial charge in [-0.2, -0.15) is 10.4 Å². The van der Waals surface area contributed by atoms with Crippen LogP contribution in [0.15, 0.2) is 24.7 Å². The van der Waals surface area contributed by atoms with Gasteiger partial charge in [0.25, 0.3) is 0 Å². The summed E-state index contributed by atoms with van der Waals surface area (Å²) in [6.07, 6.45) is 6.02. The Hall–Kier alpha value is -2.42. The summed E-state index contributed by atoms with van der Waals surface area (Å²) >= 11 is 0. The molecule has 2 heterocycles. The van der Waals surface area contributed by atoms with Crippen molar-refractivity contribution in [1.29, 1.82) is 5.26 Å². The minimum Gasteiger partial charge on any atom is -0.321 e. The van der Waals surface area contributed by atoms with Crippen LogP contribution in [0.2, 0.25) is 0 Å². The quantitative estimate of drug-likeness (QED) is 0.888. The topological polar surface area (TPSA) is 79.4 Å². The van der Waals surface area contributed by atoms with E-state index in [1.165, 1.54) is 6.20 Å². The van der Waals surface area contributed by atoms with Gasteiger partial charge in [-0.3, -0.25) is 4.68 Å². The highest BCUT2D eigenvalue weighted by Crippen LogP contribution is 2.14. The number of hydrogen-bond acceptors (Lipinski definition) is 5. The fraction of sp³-hybridized carbons (Fsp3) is 0.385. The fourth-order valence-corrected chi connectivity index (χ4v) is 1.58. The lowest BCUT2D eigenvalue weighted by Crippen LogP contribution is -2.04. The van der Waals surface area contributed by atoms with E-state index < -0.39 is 0 Å². The summed E-state index contributed by atoms with van der Waals surface area (Å²) in [7, 11) is 0. The van der Waals surface area contributed by atoms with Crippen molar-refractivity contribution in [3.05, 3.63) is 30.4 Å². The highest BCUT2D eigenvalue weighted by atomic mass is 15.3. The maximum Gasteiger partial charge on any atom is 0.183 e. The van der Waals surface area contributed by atoms with Gasteiger partial charge >= 0.3 is 0 Å². The average molecular weight is 256 g/mol. The van der Waals surface area contributed by atoms with Crippen molar-refractivity contribution in [3.8, 4) is 6.07 Å². The summed E-state index contributed by atoms with van der Waals surface area (Å²) in [5, 5.41) is 16.3. The molecule has 0 aliphatic rings. The number of rotatable bonds is 5. The van der Waals surface area contributed by atoms with Crippen LogP contribution in [0.5, 0.6) is 0 Å². The molecule has 0 saturated carbocycles. The van der Waals surface area contributed by atoms with Crippen molar-refractivity contribution in [2.45, 2.75) is 26.8 Å². The highest BCUT2D eigenvalue weighted by Gasteiger charge is 2.06. The fourth-order valence-electron chi connectivity index (χ4n) is 1.58. The Morgan fingerprint density at radius 1 is 1.37 bits per heavy atom. The van der Waals surface area contributed by atoms with Gasteiger partial charge in [-0.1, -0.05) is 13.8 Å². The second-order valence-electron chi connectivity index (χ2n) is 4.64. The molecule has 6 heteroatoms. The van der Waals surface area contributed by atoms with Gasteiger partial charge in [0, 0.05) is 31.2 Å². The van der Waals surface area contributed by atoms with Gasteiger partial charge in [0.15, 0.2) is 17.3 Å². The molecule has 2 aromatic rings. The van der Waals surface area contributed by atoms with Crippen molar-refractivity contribution in [2.75, 3.05) is 5.32 Å². The highest BCUT2D eigenvalue weighted by molar-refractivity contribution is 5.56. The Labute approximate surface area is 112 Å². The predicted octanol–water partition coefficient (Wildman–Crippen LogP) is 2.33. The normalized spacial score (nSPS) is 10.4. The van der Waals surface area contributed by atoms with Crippen LogP contribution in [0, 0.1) is 17.2 Å². The Balaban J connectivity index is 2.06. The first-order valence-corrected chi connectivity index (χ1v) is 6.20. The number of anilines is 2. The first-order chi connectivity index (χ1) is 9.19. The van der Waals surface area contributed by atoms with Crippen molar-refractivity contribution >= 4 is 11.6 Å². The zero-order valence-corrected chi connectivity index (χ0v) is 11.0. The molecule has 98 valence electrons. The number of nitriles is 1. The molecular weight excluding hydrogens is 240 g/mol. The lowest BCUT2D eigenvalue weighted by Gasteiger charge is -2.05. The Kier molecular flexibility index (Phi) is 4.08. The summed E-state index contributed by atoms with van der Waals surface area (Å²) in [5.74, 6) is 1.74. The average Bonchev–Trinajstić information content (AvgIpc) is 2.85. The zero-order valence-electron chi connectivity index (χ0n) is 11.0. The van der Waals surface area contributed by atoms with Crippen LogP contribution < -0.4 is 5.32 Å². The largest absolute Gasteiger partial charge is 0.321 e. The van der Waals surface area contributed by atoms with E-state index in [0.29, 0.717) is 17.6 Å². The standard InChI is InChI=1S/C13H16N6/c1-10(2)3-7-19-8-4-12(18-19)17-13-11(9-14)15-5-6-16-13/h4-6,8,10H,3,7H2,1-2H3,(H,16,17,18). The van der Waals surface area contributed by atoms with E-state index in [1.54, 1.807) is 6.20 Å². The predicted molar refractivity (Wildman–Crippen MR) is 71.7 cm³/mol. The van der Waals surface area contributed by atoms with Gasteiger partial charge in [0.1, 0.15) is 6.07 Å². The lowest BCUT2D eigenvalue weighted by molar-refractivity contribution is 0.488. The Bertz CT molecular complexity index is 581. The summed E-state index contributed by atoms with van der Waals surface area (Å²) in [6.45, 7) is 5.24. The third-order valence-electron chi connectivity index (χ3n) is 2.63. The molecule has 0 aliphatic heterocycles. The van der Waals surface area contributed by atoms with Crippen LogP contribution in [0.3, 0.4) is 0 Å². The molecule has 0 fully saturated rings. The van der Waals surface area contributed by atoms with Gasteiger partial charge < -0.3 is 5.32 Å². The maximum absolute atomic E-state index is 8.93. The van der Waals surface area contributed by atoms with Gasteiger partial charge in [0.2, 0.25) is 0 Å².